The fraction of sp³-hybridized carbons (Fsp3) is 0.0667. The molecular formula is C60H36Br2Cl4F8N10. The summed E-state index contributed by atoms with van der Waals surface area (Å²) in [5.41, 5.74) is 18.3. The number of fused-ring (bicyclic) bond motifs is 4. The van der Waals surface area contributed by atoms with E-state index in [9.17, 15) is 35.1 Å². The Morgan fingerprint density at radius 3 is 0.857 bits per heavy atom. The van der Waals surface area contributed by atoms with E-state index < -0.39 is 46.5 Å². The minimum Gasteiger partial charge on any atom is -0.325 e. The third kappa shape index (κ3) is 13.0. The van der Waals surface area contributed by atoms with Crippen LogP contribution in [-0.2, 0) is 23.7 Å². The molecule has 0 spiro atoms. The number of aromatic nitrogens is 8. The smallest absolute Gasteiger partial charge is 0.186 e. The maximum Gasteiger partial charge on any atom is 0.186 e. The predicted octanol–water partition coefficient (Wildman–Crippen LogP) is 17.6. The van der Waals surface area contributed by atoms with Crippen LogP contribution in [0.2, 0.25) is 20.1 Å². The quantitative estimate of drug-likeness (QED) is 0.111. The SMILES string of the molecule is Fc1ccc2nc(-c3ccccc3Cl)c(CBr)nc2c1F.Fc1ccc2nc(CBr)c(-c3ccccc3Cl)nc2c1F.NCc1nc2c(F)c(F)ccc2nc1-c1ccccc1Cl.NCc1nc2ccc(F)c(F)c2nc1-c1ccccc1Cl. The van der Waals surface area contributed by atoms with Gasteiger partial charge in [-0.2, -0.15) is 0 Å². The Labute approximate surface area is 509 Å². The number of benzene rings is 8. The molecule has 0 atom stereocenters. The summed E-state index contributed by atoms with van der Waals surface area (Å²) in [5, 5.41) is 2.71. The summed E-state index contributed by atoms with van der Waals surface area (Å²) >= 11 is 31.3. The molecule has 0 radical (unpaired) electrons. The Morgan fingerprint density at radius 1 is 0.298 bits per heavy atom. The predicted molar refractivity (Wildman–Crippen MR) is 321 cm³/mol. The number of nitrogens with two attached hydrogens (primary N) is 2. The number of rotatable bonds is 8. The molecule has 24 heteroatoms. The van der Waals surface area contributed by atoms with Crippen LogP contribution in [0.5, 0.6) is 0 Å². The Bertz CT molecular complexity index is 4200. The van der Waals surface area contributed by atoms with Gasteiger partial charge in [0.1, 0.15) is 22.1 Å². The minimum atomic E-state index is -1.03. The molecule has 424 valence electrons. The fourth-order valence-electron chi connectivity index (χ4n) is 8.35. The zero-order chi connectivity index (χ0) is 59.9. The van der Waals surface area contributed by atoms with E-state index in [0.29, 0.717) is 104 Å². The first kappa shape index (κ1) is 61.2. The molecule has 8 aromatic carbocycles. The van der Waals surface area contributed by atoms with Gasteiger partial charge in [-0.05, 0) is 72.8 Å². The molecule has 12 aromatic rings. The molecule has 0 saturated heterocycles. The van der Waals surface area contributed by atoms with E-state index in [4.69, 9.17) is 57.9 Å². The van der Waals surface area contributed by atoms with Crippen LogP contribution in [0.15, 0.2) is 146 Å². The van der Waals surface area contributed by atoms with E-state index in [0.717, 1.165) is 24.3 Å². The van der Waals surface area contributed by atoms with E-state index in [1.54, 1.807) is 78.9 Å². The van der Waals surface area contributed by atoms with Crippen molar-refractivity contribution >= 4 is 122 Å². The molecule has 0 amide bonds. The average molecular weight is 1350 g/mol. The maximum atomic E-state index is 13.9. The molecule has 12 rings (SSSR count). The van der Waals surface area contributed by atoms with Crippen LogP contribution in [0.3, 0.4) is 0 Å². The Morgan fingerprint density at radius 2 is 0.536 bits per heavy atom. The molecule has 0 saturated carbocycles. The van der Waals surface area contributed by atoms with Crippen LogP contribution in [-0.4, -0.2) is 39.9 Å². The number of halogens is 14. The summed E-state index contributed by atoms with van der Waals surface area (Å²) in [4.78, 5) is 34.1. The molecule has 0 aliphatic heterocycles. The van der Waals surface area contributed by atoms with Crippen LogP contribution in [0.1, 0.15) is 22.8 Å². The summed E-state index contributed by atoms with van der Waals surface area (Å²) in [6.07, 6.45) is 0. The first-order valence-corrected chi connectivity index (χ1v) is 28.3. The number of nitrogens with zero attached hydrogens (tertiary/aromatic N) is 8. The van der Waals surface area contributed by atoms with Gasteiger partial charge in [0.2, 0.25) is 0 Å². The van der Waals surface area contributed by atoms with Gasteiger partial charge >= 0.3 is 0 Å². The molecule has 0 fully saturated rings. The van der Waals surface area contributed by atoms with Gasteiger partial charge in [0.25, 0.3) is 0 Å². The van der Waals surface area contributed by atoms with Crippen molar-refractivity contribution in [2.45, 2.75) is 23.7 Å². The van der Waals surface area contributed by atoms with Crippen molar-refractivity contribution in [3.8, 4) is 45.0 Å². The van der Waals surface area contributed by atoms with Crippen LogP contribution < -0.4 is 11.5 Å². The summed E-state index contributed by atoms with van der Waals surface area (Å²) in [6, 6.07) is 38.0. The van der Waals surface area contributed by atoms with Gasteiger partial charge in [0.05, 0.1) is 87.7 Å². The van der Waals surface area contributed by atoms with Crippen LogP contribution >= 0.6 is 78.3 Å². The van der Waals surface area contributed by atoms with Crippen molar-refractivity contribution < 1.29 is 35.1 Å². The largest absolute Gasteiger partial charge is 0.325 e. The van der Waals surface area contributed by atoms with Gasteiger partial charge in [0.15, 0.2) is 46.5 Å². The molecule has 4 heterocycles. The van der Waals surface area contributed by atoms with E-state index in [2.05, 4.69) is 71.7 Å². The lowest BCUT2D eigenvalue weighted by atomic mass is 10.1. The molecule has 0 unspecified atom stereocenters. The number of alkyl halides is 2. The van der Waals surface area contributed by atoms with Gasteiger partial charge < -0.3 is 11.5 Å². The van der Waals surface area contributed by atoms with Crippen molar-refractivity contribution in [1.29, 1.82) is 0 Å². The minimum absolute atomic E-state index is 0.0411. The lowest BCUT2D eigenvalue weighted by Crippen LogP contribution is -2.06. The van der Waals surface area contributed by atoms with Crippen LogP contribution in [0.25, 0.3) is 89.2 Å². The maximum absolute atomic E-state index is 13.9. The van der Waals surface area contributed by atoms with Gasteiger partial charge in [0, 0.05) is 46.0 Å². The van der Waals surface area contributed by atoms with Gasteiger partial charge in [-0.15, -0.1) is 0 Å². The van der Waals surface area contributed by atoms with Crippen molar-refractivity contribution in [3.63, 3.8) is 0 Å². The summed E-state index contributed by atoms with van der Waals surface area (Å²) in [5.74, 6) is -7.89. The van der Waals surface area contributed by atoms with Crippen LogP contribution in [0.4, 0.5) is 35.1 Å². The highest BCUT2D eigenvalue weighted by Crippen LogP contribution is 2.35. The third-order valence-corrected chi connectivity index (χ3v) is 14.7. The topological polar surface area (TPSA) is 155 Å². The molecule has 0 aliphatic carbocycles. The number of hydrogen-bond donors (Lipinski definition) is 2. The van der Waals surface area contributed by atoms with Crippen LogP contribution in [0, 0.1) is 46.5 Å². The lowest BCUT2D eigenvalue weighted by Gasteiger charge is -2.10. The molecule has 10 nitrogen and oxygen atoms in total. The van der Waals surface area contributed by atoms with Gasteiger partial charge in [-0.1, -0.05) is 151 Å². The van der Waals surface area contributed by atoms with E-state index >= 15 is 0 Å². The molecule has 84 heavy (non-hydrogen) atoms. The summed E-state index contributed by atoms with van der Waals surface area (Å²) in [6.45, 7) is 0.155. The first-order chi connectivity index (χ1) is 40.5. The lowest BCUT2D eigenvalue weighted by molar-refractivity contribution is 0.515. The Balaban J connectivity index is 0.000000134. The van der Waals surface area contributed by atoms with E-state index in [1.807, 2.05) is 18.2 Å². The molecule has 0 bridgehead atoms. The van der Waals surface area contributed by atoms with Crippen molar-refractivity contribution in [3.05, 3.63) is 235 Å². The monoisotopic (exact) mass is 1350 g/mol. The van der Waals surface area contributed by atoms with Gasteiger partial charge in [-0.25, -0.2) is 75.0 Å². The van der Waals surface area contributed by atoms with Gasteiger partial charge in [-0.3, -0.25) is 0 Å². The molecule has 0 aliphatic rings. The standard InChI is InChI=1S/2C15H8BrClF2N2.2C15H10ClF2N3/c16-7-12-14(8-3-1-2-4-9(8)17)20-11-6-5-10(18)13(19)15(11)21-12;16-7-12-14(8-3-1-2-4-9(8)17)21-15-11(20-12)6-5-10(18)13(15)19;16-9-4-2-1-3-8(9)14-12(7-19)21-15-11(20-14)6-5-10(17)13(15)18;16-9-4-2-1-3-8(9)14-12(7-19)20-11-6-5-10(17)13(18)15(11)21-14/h2*1-6H,7H2;2*1-6H,7,19H2. The highest BCUT2D eigenvalue weighted by molar-refractivity contribution is 9.08. The highest BCUT2D eigenvalue weighted by atomic mass is 79.9. The fourth-order valence-corrected chi connectivity index (χ4v) is 10.0. The normalized spacial score (nSPS) is 11.0. The summed E-state index contributed by atoms with van der Waals surface area (Å²) < 4.78 is 109. The highest BCUT2D eigenvalue weighted by Gasteiger charge is 2.21. The summed E-state index contributed by atoms with van der Waals surface area (Å²) in [7, 11) is 0. The zero-order valence-electron chi connectivity index (χ0n) is 42.7. The molecule has 4 aromatic heterocycles. The second kappa shape index (κ2) is 27.1. The van der Waals surface area contributed by atoms with Crippen molar-refractivity contribution in [2.24, 2.45) is 11.5 Å². The number of hydrogen-bond acceptors (Lipinski definition) is 10. The first-order valence-electron chi connectivity index (χ1n) is 24.6. The van der Waals surface area contributed by atoms with Crippen molar-refractivity contribution in [2.75, 3.05) is 0 Å². The van der Waals surface area contributed by atoms with Crippen molar-refractivity contribution in [1.82, 2.24) is 39.9 Å². The third-order valence-electron chi connectivity index (χ3n) is 12.4. The second-order valence-corrected chi connectivity index (χ2v) is 20.3. The Hall–Kier alpha value is -7.40. The second-order valence-electron chi connectivity index (χ2n) is 17.6. The van der Waals surface area contributed by atoms with E-state index in [-0.39, 0.29) is 51.7 Å². The zero-order valence-corrected chi connectivity index (χ0v) is 48.9. The molecular weight excluding hydrogens is 1310 g/mol. The molecule has 4 N–H and O–H groups in total. The average Bonchev–Trinajstić information content (AvgIpc) is 2.18. The van der Waals surface area contributed by atoms with E-state index in [1.165, 1.54) is 24.3 Å². The Kier molecular flexibility index (Phi) is 19.7.